The molecule has 1 saturated carbocycles. The van der Waals surface area contributed by atoms with Crippen LogP contribution in [-0.2, 0) is 14.8 Å². The van der Waals surface area contributed by atoms with Crippen molar-refractivity contribution in [3.8, 4) is 0 Å². The molecule has 0 N–H and O–H groups in total. The molecule has 1 aliphatic heterocycles. The summed E-state index contributed by atoms with van der Waals surface area (Å²) in [4.78, 5) is 13.8. The molecule has 0 radical (unpaired) electrons. The first-order chi connectivity index (χ1) is 11.5. The second-order valence-corrected chi connectivity index (χ2v) is 8.34. The monoisotopic (exact) mass is 348 g/mol. The number of anilines is 1. The number of nitrogens with zero attached hydrogens (tertiary/aromatic N) is 2. The van der Waals surface area contributed by atoms with E-state index in [0.717, 1.165) is 37.8 Å². The van der Waals surface area contributed by atoms with Gasteiger partial charge in [0, 0.05) is 31.2 Å². The topological polar surface area (TPSA) is 57.7 Å². The molecule has 1 aromatic rings. The van der Waals surface area contributed by atoms with E-state index in [1.807, 2.05) is 0 Å². The molecule has 24 heavy (non-hydrogen) atoms. The van der Waals surface area contributed by atoms with Crippen LogP contribution in [0.5, 0.6) is 0 Å². The Hall–Kier alpha value is -1.66. The predicted molar refractivity (Wildman–Crippen MR) is 94.4 cm³/mol. The van der Waals surface area contributed by atoms with Gasteiger partial charge in [-0.2, -0.15) is 4.31 Å². The fourth-order valence-corrected chi connectivity index (χ4v) is 5.27. The zero-order chi connectivity index (χ0) is 17.2. The van der Waals surface area contributed by atoms with Gasteiger partial charge in [-0.3, -0.25) is 4.79 Å². The molecule has 0 atom stereocenters. The highest BCUT2D eigenvalue weighted by molar-refractivity contribution is 7.89. The molecule has 1 amide bonds. The molecule has 0 unspecified atom stereocenters. The summed E-state index contributed by atoms with van der Waals surface area (Å²) in [5, 5.41) is 0. The quantitative estimate of drug-likeness (QED) is 0.743. The van der Waals surface area contributed by atoms with E-state index in [-0.39, 0.29) is 16.8 Å². The van der Waals surface area contributed by atoms with E-state index in [0.29, 0.717) is 19.5 Å². The molecular weight excluding hydrogens is 324 g/mol. The first kappa shape index (κ1) is 17.2. The van der Waals surface area contributed by atoms with Crippen LogP contribution in [0.1, 0.15) is 38.5 Å². The van der Waals surface area contributed by atoms with Crippen molar-refractivity contribution in [1.29, 1.82) is 0 Å². The normalized spacial score (nSPS) is 19.4. The number of hydrogen-bond acceptors (Lipinski definition) is 3. The van der Waals surface area contributed by atoms with Gasteiger partial charge < -0.3 is 4.90 Å². The summed E-state index contributed by atoms with van der Waals surface area (Å²) in [6.07, 6.45) is 7.03. The molecule has 1 aromatic carbocycles. The predicted octanol–water partition coefficient (Wildman–Crippen LogP) is 2.93. The van der Waals surface area contributed by atoms with Gasteiger partial charge in [0.25, 0.3) is 0 Å². The van der Waals surface area contributed by atoms with Gasteiger partial charge in [-0.15, -0.1) is 6.58 Å². The average Bonchev–Trinajstić information content (AvgIpc) is 3.24. The van der Waals surface area contributed by atoms with E-state index in [4.69, 9.17) is 0 Å². The van der Waals surface area contributed by atoms with Crippen LogP contribution in [0.2, 0.25) is 0 Å². The largest absolute Gasteiger partial charge is 0.312 e. The van der Waals surface area contributed by atoms with Gasteiger partial charge in [0.1, 0.15) is 0 Å². The molecule has 1 heterocycles. The number of rotatable bonds is 6. The molecule has 130 valence electrons. The van der Waals surface area contributed by atoms with E-state index < -0.39 is 10.0 Å². The first-order valence-corrected chi connectivity index (χ1v) is 10.0. The van der Waals surface area contributed by atoms with Crippen LogP contribution in [0.3, 0.4) is 0 Å². The van der Waals surface area contributed by atoms with E-state index >= 15 is 0 Å². The molecule has 0 spiro atoms. The van der Waals surface area contributed by atoms with Crippen molar-refractivity contribution in [3.05, 3.63) is 36.9 Å². The number of carbonyl (C=O) groups excluding carboxylic acids is 1. The Kier molecular flexibility index (Phi) is 5.06. The molecule has 6 heteroatoms. The van der Waals surface area contributed by atoms with E-state index in [1.54, 1.807) is 39.5 Å². The third kappa shape index (κ3) is 3.26. The molecule has 3 rings (SSSR count). The number of hydrogen-bond donors (Lipinski definition) is 0. The third-order valence-corrected chi connectivity index (χ3v) is 6.80. The lowest BCUT2D eigenvalue weighted by atomic mass is 10.2. The van der Waals surface area contributed by atoms with Crippen LogP contribution in [0, 0.1) is 0 Å². The van der Waals surface area contributed by atoms with Crippen LogP contribution in [-0.4, -0.2) is 37.8 Å². The number of carbonyl (C=O) groups is 1. The summed E-state index contributed by atoms with van der Waals surface area (Å²) in [6.45, 7) is 4.74. The highest BCUT2D eigenvalue weighted by Gasteiger charge is 2.32. The third-order valence-electron chi connectivity index (χ3n) is 4.87. The summed E-state index contributed by atoms with van der Waals surface area (Å²) in [7, 11) is -3.54. The zero-order valence-electron chi connectivity index (χ0n) is 13.9. The Labute approximate surface area is 144 Å². The van der Waals surface area contributed by atoms with E-state index in [1.165, 1.54) is 0 Å². The SMILES string of the molecule is C=CCN(C1CCCC1)S(=O)(=O)c1ccc(N2CCCC2=O)cc1. The fourth-order valence-electron chi connectivity index (χ4n) is 3.62. The summed E-state index contributed by atoms with van der Waals surface area (Å²) in [5.74, 6) is 0.102. The molecular formula is C18H24N2O3S. The van der Waals surface area contributed by atoms with Gasteiger partial charge in [-0.25, -0.2) is 8.42 Å². The Morgan fingerprint density at radius 1 is 1.17 bits per heavy atom. The van der Waals surface area contributed by atoms with E-state index in [2.05, 4.69) is 6.58 Å². The summed E-state index contributed by atoms with van der Waals surface area (Å²) < 4.78 is 27.6. The van der Waals surface area contributed by atoms with Crippen LogP contribution < -0.4 is 4.90 Å². The van der Waals surface area contributed by atoms with Gasteiger partial charge >= 0.3 is 0 Å². The number of amides is 1. The van der Waals surface area contributed by atoms with Gasteiger partial charge in [-0.1, -0.05) is 18.9 Å². The highest BCUT2D eigenvalue weighted by atomic mass is 32.2. The lowest BCUT2D eigenvalue weighted by molar-refractivity contribution is -0.117. The number of benzene rings is 1. The Balaban J connectivity index is 1.85. The van der Waals surface area contributed by atoms with Crippen LogP contribution >= 0.6 is 0 Å². The van der Waals surface area contributed by atoms with Crippen LogP contribution in [0.4, 0.5) is 5.69 Å². The van der Waals surface area contributed by atoms with Gasteiger partial charge in [0.05, 0.1) is 4.90 Å². The summed E-state index contributed by atoms with van der Waals surface area (Å²) in [6, 6.07) is 6.75. The summed E-state index contributed by atoms with van der Waals surface area (Å²) >= 11 is 0. The van der Waals surface area contributed by atoms with Crippen molar-refractivity contribution in [2.45, 2.75) is 49.5 Å². The highest BCUT2D eigenvalue weighted by Crippen LogP contribution is 2.30. The molecule has 2 aliphatic rings. The Morgan fingerprint density at radius 3 is 2.38 bits per heavy atom. The number of sulfonamides is 1. The van der Waals surface area contributed by atoms with Crippen LogP contribution in [0.25, 0.3) is 0 Å². The second kappa shape index (κ2) is 7.07. The van der Waals surface area contributed by atoms with Crippen molar-refractivity contribution in [2.75, 3.05) is 18.0 Å². The van der Waals surface area contributed by atoms with Gasteiger partial charge in [0.2, 0.25) is 15.9 Å². The molecule has 0 bridgehead atoms. The minimum Gasteiger partial charge on any atom is -0.312 e. The van der Waals surface area contributed by atoms with E-state index in [9.17, 15) is 13.2 Å². The molecule has 1 aliphatic carbocycles. The maximum absolute atomic E-state index is 13.0. The fraction of sp³-hybridized carbons (Fsp3) is 0.500. The lowest BCUT2D eigenvalue weighted by Gasteiger charge is -2.27. The molecule has 2 fully saturated rings. The zero-order valence-corrected chi connectivity index (χ0v) is 14.7. The van der Waals surface area contributed by atoms with Crippen molar-refractivity contribution in [1.82, 2.24) is 4.31 Å². The van der Waals surface area contributed by atoms with Crippen molar-refractivity contribution in [2.24, 2.45) is 0 Å². The smallest absolute Gasteiger partial charge is 0.243 e. The van der Waals surface area contributed by atoms with Gasteiger partial charge in [-0.05, 0) is 43.5 Å². The lowest BCUT2D eigenvalue weighted by Crippen LogP contribution is -2.38. The van der Waals surface area contributed by atoms with Crippen molar-refractivity contribution in [3.63, 3.8) is 0 Å². The van der Waals surface area contributed by atoms with Gasteiger partial charge in [0.15, 0.2) is 0 Å². The average molecular weight is 348 g/mol. The van der Waals surface area contributed by atoms with Crippen molar-refractivity contribution < 1.29 is 13.2 Å². The second-order valence-electron chi connectivity index (χ2n) is 6.44. The maximum atomic E-state index is 13.0. The Bertz CT molecular complexity index is 706. The molecule has 1 saturated heterocycles. The molecule has 5 nitrogen and oxygen atoms in total. The molecule has 0 aromatic heterocycles. The van der Waals surface area contributed by atoms with Crippen molar-refractivity contribution >= 4 is 21.6 Å². The minimum absolute atomic E-state index is 0.0628. The maximum Gasteiger partial charge on any atom is 0.243 e. The minimum atomic E-state index is -3.54. The Morgan fingerprint density at radius 2 is 1.83 bits per heavy atom. The summed E-state index contributed by atoms with van der Waals surface area (Å²) in [5.41, 5.74) is 0.771. The standard InChI is InChI=1S/C18H24N2O3S/c1-2-13-20(16-6-3-4-7-16)24(22,23)17-11-9-15(10-12-17)19-14-5-8-18(19)21/h2,9-12,16H,1,3-8,13-14H2. The first-order valence-electron chi connectivity index (χ1n) is 8.57. The van der Waals surface area contributed by atoms with Crippen LogP contribution in [0.15, 0.2) is 41.8 Å².